The molecule has 1 heterocycles. The number of rotatable bonds is 6. The largest absolute Gasteiger partial charge is 0.312 e. The van der Waals surface area contributed by atoms with Gasteiger partial charge in [-0.05, 0) is 25.1 Å². The lowest BCUT2D eigenvalue weighted by molar-refractivity contribution is 0.484. The molecule has 0 amide bonds. The van der Waals surface area contributed by atoms with Gasteiger partial charge in [-0.15, -0.1) is 0 Å². The maximum Gasteiger partial charge on any atom is 0.161 e. The Labute approximate surface area is 109 Å². The van der Waals surface area contributed by atoms with E-state index in [4.69, 9.17) is 0 Å². The molecule has 0 fully saturated rings. The summed E-state index contributed by atoms with van der Waals surface area (Å²) >= 11 is 0. The van der Waals surface area contributed by atoms with E-state index in [1.165, 1.54) is 0 Å². The molecule has 0 spiro atoms. The van der Waals surface area contributed by atoms with Crippen molar-refractivity contribution in [1.82, 2.24) is 15.1 Å². The number of aryl methyl sites for hydroxylation is 1. The van der Waals surface area contributed by atoms with E-state index in [1.807, 2.05) is 12.3 Å². The Kier molecular flexibility index (Phi) is 4.57. The fourth-order valence-corrected chi connectivity index (χ4v) is 1.72. The van der Waals surface area contributed by atoms with Crippen LogP contribution in [0.3, 0.4) is 0 Å². The van der Waals surface area contributed by atoms with Gasteiger partial charge >= 0.3 is 0 Å². The normalized spacial score (nSPS) is 10.9. The van der Waals surface area contributed by atoms with Crippen molar-refractivity contribution in [3.8, 4) is 0 Å². The highest BCUT2D eigenvalue weighted by atomic mass is 19.2. The van der Waals surface area contributed by atoms with Crippen LogP contribution in [0.15, 0.2) is 30.6 Å². The third-order valence-electron chi connectivity index (χ3n) is 2.70. The summed E-state index contributed by atoms with van der Waals surface area (Å²) in [5.74, 6) is -2.94. The smallest absolute Gasteiger partial charge is 0.161 e. The number of nitrogens with one attached hydrogen (secondary N) is 1. The van der Waals surface area contributed by atoms with Crippen molar-refractivity contribution in [2.75, 3.05) is 6.54 Å². The molecular formula is C13H14F3N3. The lowest BCUT2D eigenvalue weighted by Gasteiger charge is -2.07. The van der Waals surface area contributed by atoms with E-state index >= 15 is 0 Å². The minimum absolute atomic E-state index is 0.123. The molecule has 1 N–H and O–H groups in total. The van der Waals surface area contributed by atoms with Crippen molar-refractivity contribution in [1.29, 1.82) is 0 Å². The van der Waals surface area contributed by atoms with Crippen LogP contribution in [-0.2, 0) is 13.1 Å². The van der Waals surface area contributed by atoms with Crippen LogP contribution in [0.1, 0.15) is 12.0 Å². The Morgan fingerprint density at radius 1 is 1.11 bits per heavy atom. The van der Waals surface area contributed by atoms with Gasteiger partial charge in [-0.1, -0.05) is 0 Å². The van der Waals surface area contributed by atoms with Crippen LogP contribution in [0.5, 0.6) is 0 Å². The molecule has 0 saturated heterocycles. The summed E-state index contributed by atoms with van der Waals surface area (Å²) in [6, 6.07) is 3.28. The lowest BCUT2D eigenvalue weighted by Crippen LogP contribution is -2.17. The molecule has 0 atom stereocenters. The van der Waals surface area contributed by atoms with E-state index in [0.717, 1.165) is 19.0 Å². The molecule has 1 aromatic heterocycles. The quantitative estimate of drug-likeness (QED) is 0.645. The fraction of sp³-hybridized carbons (Fsp3) is 0.308. The average Bonchev–Trinajstić information content (AvgIpc) is 2.88. The Bertz CT molecular complexity index is 526. The predicted octanol–water partition coefficient (Wildman–Crippen LogP) is 2.48. The third kappa shape index (κ3) is 3.82. The van der Waals surface area contributed by atoms with Crippen LogP contribution in [0, 0.1) is 17.5 Å². The van der Waals surface area contributed by atoms with Gasteiger partial charge in [-0.2, -0.15) is 5.10 Å². The van der Waals surface area contributed by atoms with E-state index in [1.54, 1.807) is 10.9 Å². The summed E-state index contributed by atoms with van der Waals surface area (Å²) in [6.07, 6.45) is 4.37. The second-order valence-electron chi connectivity index (χ2n) is 4.16. The molecule has 0 aliphatic carbocycles. The highest BCUT2D eigenvalue weighted by molar-refractivity contribution is 5.19. The molecule has 2 rings (SSSR count). The number of benzene rings is 1. The van der Waals surface area contributed by atoms with Crippen LogP contribution in [0.25, 0.3) is 0 Å². The second-order valence-corrected chi connectivity index (χ2v) is 4.16. The van der Waals surface area contributed by atoms with Gasteiger partial charge in [0.05, 0.1) is 0 Å². The van der Waals surface area contributed by atoms with Crippen molar-refractivity contribution >= 4 is 0 Å². The number of halogens is 3. The van der Waals surface area contributed by atoms with Crippen molar-refractivity contribution in [3.05, 3.63) is 53.6 Å². The number of nitrogens with zero attached hydrogens (tertiary/aromatic N) is 2. The molecule has 6 heteroatoms. The number of hydrogen-bond donors (Lipinski definition) is 1. The Morgan fingerprint density at radius 3 is 2.63 bits per heavy atom. The minimum Gasteiger partial charge on any atom is -0.312 e. The first-order valence-corrected chi connectivity index (χ1v) is 5.98. The molecule has 0 aliphatic heterocycles. The Hall–Kier alpha value is -1.82. The molecule has 0 radical (unpaired) electrons. The SMILES string of the molecule is Fc1cc(F)c(CNCCCn2cccn2)cc1F. The first kappa shape index (κ1) is 13.6. The summed E-state index contributed by atoms with van der Waals surface area (Å²) in [7, 11) is 0. The molecule has 0 saturated carbocycles. The molecule has 102 valence electrons. The van der Waals surface area contributed by atoms with Crippen LogP contribution < -0.4 is 5.32 Å². The van der Waals surface area contributed by atoms with Gasteiger partial charge in [-0.25, -0.2) is 13.2 Å². The molecule has 1 aromatic carbocycles. The summed E-state index contributed by atoms with van der Waals surface area (Å²) in [5, 5.41) is 7.03. The van der Waals surface area contributed by atoms with E-state index < -0.39 is 17.5 Å². The van der Waals surface area contributed by atoms with Crippen LogP contribution in [0.4, 0.5) is 13.2 Å². The molecule has 0 aliphatic rings. The van der Waals surface area contributed by atoms with E-state index in [2.05, 4.69) is 10.4 Å². The monoisotopic (exact) mass is 269 g/mol. The van der Waals surface area contributed by atoms with Gasteiger partial charge in [0.25, 0.3) is 0 Å². The molecule has 0 unspecified atom stereocenters. The summed E-state index contributed by atoms with van der Waals surface area (Å²) in [5.41, 5.74) is 0.123. The van der Waals surface area contributed by atoms with Crippen LogP contribution in [0.2, 0.25) is 0 Å². The second kappa shape index (κ2) is 6.38. The first-order chi connectivity index (χ1) is 9.16. The molecule has 0 bridgehead atoms. The Balaban J connectivity index is 1.75. The molecular weight excluding hydrogens is 255 g/mol. The highest BCUT2D eigenvalue weighted by Gasteiger charge is 2.08. The summed E-state index contributed by atoms with van der Waals surface area (Å²) < 4.78 is 40.7. The third-order valence-corrected chi connectivity index (χ3v) is 2.70. The van der Waals surface area contributed by atoms with Gasteiger partial charge in [0, 0.05) is 37.1 Å². The number of hydrogen-bond acceptors (Lipinski definition) is 2. The fourth-order valence-electron chi connectivity index (χ4n) is 1.72. The van der Waals surface area contributed by atoms with Gasteiger partial charge in [0.2, 0.25) is 0 Å². The lowest BCUT2D eigenvalue weighted by atomic mass is 10.2. The summed E-state index contributed by atoms with van der Waals surface area (Å²) in [6.45, 7) is 1.56. The first-order valence-electron chi connectivity index (χ1n) is 5.98. The Morgan fingerprint density at radius 2 is 1.89 bits per heavy atom. The average molecular weight is 269 g/mol. The summed E-state index contributed by atoms with van der Waals surface area (Å²) in [4.78, 5) is 0. The zero-order chi connectivity index (χ0) is 13.7. The van der Waals surface area contributed by atoms with E-state index in [-0.39, 0.29) is 12.1 Å². The highest BCUT2D eigenvalue weighted by Crippen LogP contribution is 2.13. The zero-order valence-electron chi connectivity index (χ0n) is 10.2. The maximum atomic E-state index is 13.3. The van der Waals surface area contributed by atoms with Gasteiger partial charge in [-0.3, -0.25) is 4.68 Å². The van der Waals surface area contributed by atoms with E-state index in [0.29, 0.717) is 12.6 Å². The minimum atomic E-state index is -1.17. The van der Waals surface area contributed by atoms with Gasteiger partial charge in [0.1, 0.15) is 5.82 Å². The van der Waals surface area contributed by atoms with Crippen molar-refractivity contribution < 1.29 is 13.2 Å². The van der Waals surface area contributed by atoms with E-state index in [9.17, 15) is 13.2 Å². The molecule has 3 nitrogen and oxygen atoms in total. The predicted molar refractivity (Wildman–Crippen MR) is 64.9 cm³/mol. The van der Waals surface area contributed by atoms with Crippen molar-refractivity contribution in [3.63, 3.8) is 0 Å². The van der Waals surface area contributed by atoms with Crippen LogP contribution >= 0.6 is 0 Å². The molecule has 19 heavy (non-hydrogen) atoms. The van der Waals surface area contributed by atoms with Gasteiger partial charge < -0.3 is 5.32 Å². The van der Waals surface area contributed by atoms with Gasteiger partial charge in [0.15, 0.2) is 11.6 Å². The standard InChI is InChI=1S/C13H14F3N3/c14-11-8-13(16)12(15)7-10(11)9-17-3-1-5-19-6-2-4-18-19/h2,4,6-8,17H,1,3,5,9H2. The number of aromatic nitrogens is 2. The van der Waals surface area contributed by atoms with Crippen molar-refractivity contribution in [2.45, 2.75) is 19.5 Å². The molecule has 2 aromatic rings. The topological polar surface area (TPSA) is 29.9 Å². The maximum absolute atomic E-state index is 13.3. The zero-order valence-corrected chi connectivity index (χ0v) is 10.2. The van der Waals surface area contributed by atoms with Crippen LogP contribution in [-0.4, -0.2) is 16.3 Å². The van der Waals surface area contributed by atoms with Crippen molar-refractivity contribution in [2.24, 2.45) is 0 Å².